The molecule has 1 amide bonds. The van der Waals surface area contributed by atoms with Crippen molar-refractivity contribution in [3.05, 3.63) is 0 Å². The van der Waals surface area contributed by atoms with Gasteiger partial charge in [0.15, 0.2) is 0 Å². The van der Waals surface area contributed by atoms with Crippen molar-refractivity contribution >= 4 is 5.91 Å². The number of hydrogen-bond donors (Lipinski definition) is 1. The van der Waals surface area contributed by atoms with Crippen LogP contribution in [-0.4, -0.2) is 50.7 Å². The van der Waals surface area contributed by atoms with Crippen LogP contribution in [0.15, 0.2) is 0 Å². The Morgan fingerprint density at radius 2 is 2.07 bits per heavy atom. The fraction of sp³-hybridized carbons (Fsp3) is 0.909. The molecule has 0 aromatic carbocycles. The van der Waals surface area contributed by atoms with Gasteiger partial charge in [-0.25, -0.2) is 0 Å². The van der Waals surface area contributed by atoms with Crippen molar-refractivity contribution in [1.29, 1.82) is 0 Å². The summed E-state index contributed by atoms with van der Waals surface area (Å²) in [5, 5.41) is 3.31. The van der Waals surface area contributed by atoms with Gasteiger partial charge in [-0.2, -0.15) is 0 Å². The number of nitrogens with one attached hydrogen (secondary N) is 1. The van der Waals surface area contributed by atoms with Gasteiger partial charge in [-0.15, -0.1) is 0 Å². The minimum absolute atomic E-state index is 0.0453. The molecule has 15 heavy (non-hydrogen) atoms. The van der Waals surface area contributed by atoms with Crippen molar-refractivity contribution < 1.29 is 9.53 Å². The van der Waals surface area contributed by atoms with E-state index in [2.05, 4.69) is 5.32 Å². The van der Waals surface area contributed by atoms with Gasteiger partial charge in [-0.3, -0.25) is 4.79 Å². The first-order chi connectivity index (χ1) is 7.11. The van der Waals surface area contributed by atoms with Crippen LogP contribution >= 0.6 is 0 Å². The maximum Gasteiger partial charge on any atom is 0.250 e. The number of carbonyl (C=O) groups is 1. The van der Waals surface area contributed by atoms with E-state index in [1.807, 2.05) is 6.92 Å². The molecule has 1 aliphatic heterocycles. The zero-order valence-electron chi connectivity index (χ0n) is 9.95. The number of rotatable bonds is 4. The standard InChI is InChI=1S/C11H22N2O2/c1-9(11(14)13(2)3)15-8-10-4-6-12-7-5-10/h9-10,12H,4-8H2,1-3H3. The number of likely N-dealkylation sites (N-methyl/N-ethyl adjacent to an activating group) is 1. The number of piperidine rings is 1. The average molecular weight is 214 g/mol. The van der Waals surface area contributed by atoms with Gasteiger partial charge >= 0.3 is 0 Å². The normalized spacial score (nSPS) is 19.9. The maximum absolute atomic E-state index is 11.5. The number of ether oxygens (including phenoxy) is 1. The van der Waals surface area contributed by atoms with Gasteiger partial charge in [0.25, 0.3) is 5.91 Å². The Bertz CT molecular complexity index is 201. The molecule has 1 rings (SSSR count). The lowest BCUT2D eigenvalue weighted by atomic mass is 9.99. The van der Waals surface area contributed by atoms with E-state index in [1.54, 1.807) is 19.0 Å². The van der Waals surface area contributed by atoms with E-state index in [4.69, 9.17) is 4.74 Å². The Balaban J connectivity index is 2.20. The molecule has 1 unspecified atom stereocenters. The summed E-state index contributed by atoms with van der Waals surface area (Å²) in [5.41, 5.74) is 0. The van der Waals surface area contributed by atoms with Crippen LogP contribution in [0.3, 0.4) is 0 Å². The monoisotopic (exact) mass is 214 g/mol. The highest BCUT2D eigenvalue weighted by molar-refractivity contribution is 5.79. The van der Waals surface area contributed by atoms with Gasteiger partial charge in [0, 0.05) is 14.1 Å². The second kappa shape index (κ2) is 6.08. The summed E-state index contributed by atoms with van der Waals surface area (Å²) in [7, 11) is 3.51. The fourth-order valence-corrected chi connectivity index (χ4v) is 1.76. The Kier molecular flexibility index (Phi) is 5.05. The molecular weight excluding hydrogens is 192 g/mol. The van der Waals surface area contributed by atoms with E-state index < -0.39 is 0 Å². The lowest BCUT2D eigenvalue weighted by Gasteiger charge is -2.24. The third-order valence-corrected chi connectivity index (χ3v) is 2.83. The number of amides is 1. The van der Waals surface area contributed by atoms with Gasteiger partial charge in [0.1, 0.15) is 6.10 Å². The van der Waals surface area contributed by atoms with Crippen molar-refractivity contribution in [3.8, 4) is 0 Å². The van der Waals surface area contributed by atoms with Crippen molar-refractivity contribution in [2.75, 3.05) is 33.8 Å². The van der Waals surface area contributed by atoms with Crippen LogP contribution < -0.4 is 5.32 Å². The molecule has 0 saturated carbocycles. The van der Waals surface area contributed by atoms with E-state index in [0.29, 0.717) is 12.5 Å². The summed E-state index contributed by atoms with van der Waals surface area (Å²) in [6.45, 7) is 4.68. The first-order valence-electron chi connectivity index (χ1n) is 5.64. The highest BCUT2D eigenvalue weighted by Crippen LogP contribution is 2.12. The van der Waals surface area contributed by atoms with Crippen LogP contribution in [-0.2, 0) is 9.53 Å². The Labute approximate surface area is 92.0 Å². The quantitative estimate of drug-likeness (QED) is 0.740. The Morgan fingerprint density at radius 3 is 2.60 bits per heavy atom. The Morgan fingerprint density at radius 1 is 1.47 bits per heavy atom. The Hall–Kier alpha value is -0.610. The van der Waals surface area contributed by atoms with E-state index in [9.17, 15) is 4.79 Å². The second-order valence-electron chi connectivity index (χ2n) is 4.40. The molecule has 4 heteroatoms. The van der Waals surface area contributed by atoms with Crippen molar-refractivity contribution in [2.45, 2.75) is 25.9 Å². The fourth-order valence-electron chi connectivity index (χ4n) is 1.76. The molecule has 0 aliphatic carbocycles. The largest absolute Gasteiger partial charge is 0.368 e. The SMILES string of the molecule is CC(OCC1CCNCC1)C(=O)N(C)C. The van der Waals surface area contributed by atoms with Gasteiger partial charge in [-0.05, 0) is 38.8 Å². The summed E-state index contributed by atoms with van der Waals surface area (Å²) in [4.78, 5) is 13.1. The smallest absolute Gasteiger partial charge is 0.250 e. The summed E-state index contributed by atoms with van der Waals surface area (Å²) in [6.07, 6.45) is 2.00. The lowest BCUT2D eigenvalue weighted by Crippen LogP contribution is -2.36. The van der Waals surface area contributed by atoms with Crippen molar-refractivity contribution in [1.82, 2.24) is 10.2 Å². The molecule has 1 N–H and O–H groups in total. The average Bonchev–Trinajstić information content (AvgIpc) is 2.26. The van der Waals surface area contributed by atoms with E-state index in [-0.39, 0.29) is 12.0 Å². The molecule has 88 valence electrons. The highest BCUT2D eigenvalue weighted by atomic mass is 16.5. The van der Waals surface area contributed by atoms with Crippen LogP contribution in [0.5, 0.6) is 0 Å². The molecule has 1 heterocycles. The van der Waals surface area contributed by atoms with Crippen LogP contribution in [0.1, 0.15) is 19.8 Å². The topological polar surface area (TPSA) is 41.6 Å². The van der Waals surface area contributed by atoms with Crippen molar-refractivity contribution in [3.63, 3.8) is 0 Å². The molecular formula is C11H22N2O2. The van der Waals surface area contributed by atoms with Crippen LogP contribution in [0.2, 0.25) is 0 Å². The van der Waals surface area contributed by atoms with E-state index >= 15 is 0 Å². The van der Waals surface area contributed by atoms with Gasteiger partial charge in [0.05, 0.1) is 6.61 Å². The zero-order chi connectivity index (χ0) is 11.3. The van der Waals surface area contributed by atoms with Gasteiger partial charge < -0.3 is 15.0 Å². The van der Waals surface area contributed by atoms with Gasteiger partial charge in [-0.1, -0.05) is 0 Å². The molecule has 0 bridgehead atoms. The molecule has 0 aromatic rings. The molecule has 0 spiro atoms. The first-order valence-corrected chi connectivity index (χ1v) is 5.64. The van der Waals surface area contributed by atoms with E-state index in [1.165, 1.54) is 0 Å². The first kappa shape index (κ1) is 12.5. The van der Waals surface area contributed by atoms with Crippen molar-refractivity contribution in [2.24, 2.45) is 5.92 Å². The summed E-state index contributed by atoms with van der Waals surface area (Å²) in [5.74, 6) is 0.660. The maximum atomic E-state index is 11.5. The third-order valence-electron chi connectivity index (χ3n) is 2.83. The summed E-state index contributed by atoms with van der Waals surface area (Å²) in [6, 6.07) is 0. The number of hydrogen-bond acceptors (Lipinski definition) is 3. The molecule has 4 nitrogen and oxygen atoms in total. The molecule has 1 aliphatic rings. The minimum Gasteiger partial charge on any atom is -0.368 e. The molecule has 1 atom stereocenters. The number of nitrogens with zero attached hydrogens (tertiary/aromatic N) is 1. The lowest BCUT2D eigenvalue weighted by molar-refractivity contribution is -0.140. The van der Waals surface area contributed by atoms with Crippen LogP contribution in [0.4, 0.5) is 0 Å². The minimum atomic E-state index is -0.310. The predicted molar refractivity (Wildman–Crippen MR) is 59.7 cm³/mol. The van der Waals surface area contributed by atoms with Crippen LogP contribution in [0.25, 0.3) is 0 Å². The highest BCUT2D eigenvalue weighted by Gasteiger charge is 2.18. The van der Waals surface area contributed by atoms with E-state index in [0.717, 1.165) is 25.9 Å². The van der Waals surface area contributed by atoms with Crippen LogP contribution in [0, 0.1) is 5.92 Å². The molecule has 1 saturated heterocycles. The number of carbonyl (C=O) groups excluding carboxylic acids is 1. The summed E-state index contributed by atoms with van der Waals surface area (Å²) >= 11 is 0. The molecule has 0 radical (unpaired) electrons. The zero-order valence-corrected chi connectivity index (χ0v) is 9.95. The molecule has 0 aromatic heterocycles. The third kappa shape index (κ3) is 4.18. The molecule has 1 fully saturated rings. The van der Waals surface area contributed by atoms with Gasteiger partial charge in [0.2, 0.25) is 0 Å². The predicted octanol–water partition coefficient (Wildman–Crippen LogP) is 0.479. The summed E-state index contributed by atoms with van der Waals surface area (Å²) < 4.78 is 5.59. The second-order valence-corrected chi connectivity index (χ2v) is 4.40.